The number of benzene rings is 1. The van der Waals surface area contributed by atoms with Gasteiger partial charge in [-0.25, -0.2) is 0 Å². The van der Waals surface area contributed by atoms with Crippen molar-refractivity contribution in [3.63, 3.8) is 0 Å². The summed E-state index contributed by atoms with van der Waals surface area (Å²) in [5.74, 6) is 0. The van der Waals surface area contributed by atoms with E-state index in [4.69, 9.17) is 9.79 Å². The van der Waals surface area contributed by atoms with E-state index in [1.54, 1.807) is 12.1 Å². The lowest BCUT2D eigenvalue weighted by molar-refractivity contribution is 0.371. The summed E-state index contributed by atoms with van der Waals surface area (Å²) in [6.45, 7) is 2.03. The van der Waals surface area contributed by atoms with Crippen molar-refractivity contribution in [1.29, 1.82) is 0 Å². The molecule has 0 bridgehead atoms. The molecular formula is C9H12BrO3P. The van der Waals surface area contributed by atoms with Gasteiger partial charge in [0.1, 0.15) is 4.57 Å². The second kappa shape index (κ2) is 4.58. The van der Waals surface area contributed by atoms with Gasteiger partial charge < -0.3 is 9.79 Å². The number of aryl methyl sites for hydroxylation is 1. The number of rotatable bonds is 3. The Morgan fingerprint density at radius 3 is 2.21 bits per heavy atom. The highest BCUT2D eigenvalue weighted by Gasteiger charge is 2.27. The maximum atomic E-state index is 10.9. The van der Waals surface area contributed by atoms with Crippen LogP contribution < -0.4 is 0 Å². The van der Waals surface area contributed by atoms with Crippen molar-refractivity contribution in [3.8, 4) is 0 Å². The molecule has 0 saturated heterocycles. The van der Waals surface area contributed by atoms with Crippen LogP contribution in [-0.2, 0) is 11.0 Å². The van der Waals surface area contributed by atoms with Crippen molar-refractivity contribution in [2.24, 2.45) is 0 Å². The molecule has 0 amide bonds. The largest absolute Gasteiger partial charge is 0.343 e. The van der Waals surface area contributed by atoms with Gasteiger partial charge in [-0.1, -0.05) is 47.1 Å². The molecule has 1 rings (SSSR count). The molecule has 14 heavy (non-hydrogen) atoms. The molecule has 1 aromatic rings. The predicted molar refractivity (Wildman–Crippen MR) is 59.5 cm³/mol. The third-order valence-corrected chi connectivity index (χ3v) is 4.98. The van der Waals surface area contributed by atoms with E-state index in [1.807, 2.05) is 19.1 Å². The Kier molecular flexibility index (Phi) is 3.90. The molecule has 78 valence electrons. The van der Waals surface area contributed by atoms with Crippen molar-refractivity contribution in [3.05, 3.63) is 35.4 Å². The molecule has 0 fully saturated rings. The molecule has 3 nitrogen and oxygen atoms in total. The van der Waals surface area contributed by atoms with Crippen LogP contribution >= 0.6 is 23.5 Å². The zero-order valence-corrected chi connectivity index (χ0v) is 10.2. The lowest BCUT2D eigenvalue weighted by atomic mass is 10.1. The molecular weight excluding hydrogens is 267 g/mol. The van der Waals surface area contributed by atoms with Crippen molar-refractivity contribution in [2.75, 3.05) is 0 Å². The minimum atomic E-state index is -4.09. The fourth-order valence-corrected chi connectivity index (χ4v) is 1.97. The van der Waals surface area contributed by atoms with Crippen molar-refractivity contribution in [1.82, 2.24) is 0 Å². The zero-order chi connectivity index (χ0) is 10.8. The molecule has 1 aromatic carbocycles. The molecule has 1 unspecified atom stereocenters. The molecule has 5 heteroatoms. The molecule has 0 spiro atoms. The van der Waals surface area contributed by atoms with E-state index >= 15 is 0 Å². The summed E-state index contributed by atoms with van der Waals surface area (Å²) in [6.07, 6.45) is 0.920. The molecule has 0 aliphatic carbocycles. The van der Waals surface area contributed by atoms with E-state index in [0.29, 0.717) is 5.56 Å². The van der Waals surface area contributed by atoms with Crippen LogP contribution in [-0.4, -0.2) is 9.79 Å². The van der Waals surface area contributed by atoms with E-state index in [-0.39, 0.29) is 0 Å². The van der Waals surface area contributed by atoms with Crippen molar-refractivity contribution in [2.45, 2.75) is 17.9 Å². The first-order valence-corrected chi connectivity index (χ1v) is 6.83. The SMILES string of the molecule is CCc1ccc(C(Br)P(=O)(O)O)cc1. The molecule has 0 aromatic heterocycles. The van der Waals surface area contributed by atoms with Gasteiger partial charge in [0.2, 0.25) is 0 Å². The number of halogens is 1. The van der Waals surface area contributed by atoms with Crippen LogP contribution in [0.5, 0.6) is 0 Å². The van der Waals surface area contributed by atoms with Gasteiger partial charge in [0.05, 0.1) is 0 Å². The van der Waals surface area contributed by atoms with Crippen molar-refractivity contribution < 1.29 is 14.4 Å². The Hall–Kier alpha value is -0.150. The molecule has 0 aliphatic rings. The van der Waals surface area contributed by atoms with E-state index in [9.17, 15) is 4.57 Å². The topological polar surface area (TPSA) is 57.5 Å². The highest BCUT2D eigenvalue weighted by atomic mass is 79.9. The average Bonchev–Trinajstić information content (AvgIpc) is 2.15. The molecule has 1 atom stereocenters. The first kappa shape index (κ1) is 11.9. The fourth-order valence-electron chi connectivity index (χ4n) is 1.11. The van der Waals surface area contributed by atoms with Gasteiger partial charge in [-0.2, -0.15) is 0 Å². The Bertz CT molecular complexity index is 344. The average molecular weight is 279 g/mol. The summed E-state index contributed by atoms with van der Waals surface area (Å²) in [4.78, 5) is 17.9. The van der Waals surface area contributed by atoms with Crippen molar-refractivity contribution >= 4 is 23.5 Å². The summed E-state index contributed by atoms with van der Waals surface area (Å²) < 4.78 is 10.0. The number of alkyl halides is 1. The lowest BCUT2D eigenvalue weighted by Crippen LogP contribution is -1.91. The van der Waals surface area contributed by atoms with Crippen LogP contribution in [0, 0.1) is 0 Å². The standard InChI is InChI=1S/C9H12BrO3P/c1-2-7-3-5-8(6-4-7)9(10)14(11,12)13/h3-6,9H,2H2,1H3,(H2,11,12,13). The quantitative estimate of drug-likeness (QED) is 0.660. The molecule has 0 aliphatic heterocycles. The first-order valence-electron chi connectivity index (χ1n) is 4.23. The maximum absolute atomic E-state index is 10.9. The normalized spacial score (nSPS) is 14.0. The monoisotopic (exact) mass is 278 g/mol. The van der Waals surface area contributed by atoms with Gasteiger partial charge in [0.15, 0.2) is 0 Å². The van der Waals surface area contributed by atoms with Crippen LogP contribution in [0.3, 0.4) is 0 Å². The minimum absolute atomic E-state index is 0.607. The Balaban J connectivity index is 2.92. The Morgan fingerprint density at radius 1 is 1.36 bits per heavy atom. The molecule has 2 N–H and O–H groups in total. The zero-order valence-electron chi connectivity index (χ0n) is 7.72. The first-order chi connectivity index (χ1) is 6.45. The summed E-state index contributed by atoms with van der Waals surface area (Å²) in [5.41, 5.74) is 1.76. The van der Waals surface area contributed by atoms with Crippen LogP contribution in [0.1, 0.15) is 22.6 Å². The number of hydrogen-bond acceptors (Lipinski definition) is 1. The van der Waals surface area contributed by atoms with Gasteiger partial charge in [-0.15, -0.1) is 0 Å². The Labute approximate surface area is 91.4 Å². The smallest absolute Gasteiger partial charge is 0.323 e. The van der Waals surface area contributed by atoms with Gasteiger partial charge >= 0.3 is 7.60 Å². The summed E-state index contributed by atoms with van der Waals surface area (Å²) in [6, 6.07) is 7.22. The summed E-state index contributed by atoms with van der Waals surface area (Å²) in [5, 5.41) is 0. The highest BCUT2D eigenvalue weighted by Crippen LogP contribution is 2.55. The van der Waals surface area contributed by atoms with E-state index in [2.05, 4.69) is 15.9 Å². The minimum Gasteiger partial charge on any atom is -0.323 e. The van der Waals surface area contributed by atoms with E-state index in [1.165, 1.54) is 0 Å². The van der Waals surface area contributed by atoms with Crippen LogP contribution in [0.25, 0.3) is 0 Å². The summed E-state index contributed by atoms with van der Waals surface area (Å²) >= 11 is 2.99. The van der Waals surface area contributed by atoms with Gasteiger partial charge in [-0.05, 0) is 17.5 Å². The second-order valence-corrected chi connectivity index (χ2v) is 6.34. The fraction of sp³-hybridized carbons (Fsp3) is 0.333. The molecule has 0 heterocycles. The highest BCUT2D eigenvalue weighted by molar-refractivity contribution is 9.10. The van der Waals surface area contributed by atoms with Gasteiger partial charge in [-0.3, -0.25) is 4.57 Å². The summed E-state index contributed by atoms with van der Waals surface area (Å²) in [7, 11) is -4.09. The van der Waals surface area contributed by atoms with Gasteiger partial charge in [0, 0.05) is 0 Å². The third-order valence-electron chi connectivity index (χ3n) is 1.96. The Morgan fingerprint density at radius 2 is 1.86 bits per heavy atom. The van der Waals surface area contributed by atoms with E-state index < -0.39 is 12.2 Å². The lowest BCUT2D eigenvalue weighted by Gasteiger charge is -2.12. The van der Waals surface area contributed by atoms with Gasteiger partial charge in [0.25, 0.3) is 0 Å². The second-order valence-electron chi connectivity index (χ2n) is 3.02. The number of hydrogen-bond donors (Lipinski definition) is 2. The molecule has 0 saturated carbocycles. The van der Waals surface area contributed by atoms with Crippen LogP contribution in [0.2, 0.25) is 0 Å². The third kappa shape index (κ3) is 2.92. The molecule has 0 radical (unpaired) electrons. The van der Waals surface area contributed by atoms with E-state index in [0.717, 1.165) is 12.0 Å². The van der Waals surface area contributed by atoms with Crippen LogP contribution in [0.15, 0.2) is 24.3 Å². The van der Waals surface area contributed by atoms with Crippen LogP contribution in [0.4, 0.5) is 0 Å². The predicted octanol–water partition coefficient (Wildman–Crippen LogP) is 2.82. The maximum Gasteiger partial charge on any atom is 0.343 e.